The van der Waals surface area contributed by atoms with Gasteiger partial charge in [-0.25, -0.2) is 14.4 Å². The van der Waals surface area contributed by atoms with Crippen molar-refractivity contribution in [1.29, 1.82) is 0 Å². The average molecular weight is 394 g/mol. The zero-order valence-electron chi connectivity index (χ0n) is 16.1. The van der Waals surface area contributed by atoms with E-state index in [1.54, 1.807) is 0 Å². The van der Waals surface area contributed by atoms with Crippen molar-refractivity contribution in [3.05, 3.63) is 35.9 Å². The van der Waals surface area contributed by atoms with Gasteiger partial charge in [0.05, 0.1) is 26.4 Å². The normalized spacial score (nSPS) is 17.1. The van der Waals surface area contributed by atoms with Crippen LogP contribution in [0.25, 0.3) is 0 Å². The summed E-state index contributed by atoms with van der Waals surface area (Å²) >= 11 is 0. The molecule has 9 nitrogen and oxygen atoms in total. The maximum absolute atomic E-state index is 12.3. The highest BCUT2D eigenvalue weighted by Gasteiger charge is 2.32. The first-order valence-corrected chi connectivity index (χ1v) is 9.02. The highest BCUT2D eigenvalue weighted by molar-refractivity contribution is 5.81. The van der Waals surface area contributed by atoms with E-state index in [2.05, 4.69) is 0 Å². The number of likely N-dealkylation sites (tertiary alicyclic amines) is 1. The molecule has 1 heterocycles. The number of rotatable bonds is 8. The maximum atomic E-state index is 12.3. The Bertz CT molecular complexity index is 668. The Morgan fingerprint density at radius 2 is 2.00 bits per heavy atom. The van der Waals surface area contributed by atoms with Gasteiger partial charge >= 0.3 is 18.2 Å². The number of carbonyl (C=O) groups is 3. The summed E-state index contributed by atoms with van der Waals surface area (Å²) in [6, 6.07) is 7.92. The molecule has 0 aromatic heterocycles. The average Bonchev–Trinajstić information content (AvgIpc) is 3.18. The molecule has 1 fully saturated rings. The maximum Gasteiger partial charge on any atom is 0.410 e. The van der Waals surface area contributed by atoms with Crippen molar-refractivity contribution in [2.45, 2.75) is 31.5 Å². The summed E-state index contributed by atoms with van der Waals surface area (Å²) in [6.45, 7) is 0.574. The minimum Gasteiger partial charge on any atom is -0.467 e. The lowest BCUT2D eigenvalue weighted by Gasteiger charge is -2.27. The van der Waals surface area contributed by atoms with E-state index in [1.807, 2.05) is 30.3 Å². The quantitative estimate of drug-likeness (QED) is 0.672. The van der Waals surface area contributed by atoms with Crippen LogP contribution in [0.2, 0.25) is 0 Å². The number of nitrogens with zero attached hydrogens (tertiary/aromatic N) is 2. The van der Waals surface area contributed by atoms with Crippen LogP contribution in [0.5, 0.6) is 0 Å². The van der Waals surface area contributed by atoms with Crippen LogP contribution in [0.1, 0.15) is 18.4 Å². The van der Waals surface area contributed by atoms with E-state index in [-0.39, 0.29) is 25.9 Å². The Morgan fingerprint density at radius 3 is 2.64 bits per heavy atom. The Hall–Kier alpha value is -2.81. The lowest BCUT2D eigenvalue weighted by atomic mass is 10.2. The van der Waals surface area contributed by atoms with Gasteiger partial charge in [-0.15, -0.1) is 0 Å². The van der Waals surface area contributed by atoms with Gasteiger partial charge in [0.25, 0.3) is 0 Å². The van der Waals surface area contributed by atoms with Crippen molar-refractivity contribution >= 4 is 18.2 Å². The number of carbonyl (C=O) groups excluding carboxylic acids is 2. The Morgan fingerprint density at radius 1 is 1.29 bits per heavy atom. The Kier molecular flexibility index (Phi) is 8.06. The summed E-state index contributed by atoms with van der Waals surface area (Å²) in [5, 5.41) is 9.16. The minimum absolute atomic E-state index is 0.0778. The molecule has 2 amide bonds. The molecule has 1 aliphatic heterocycles. The Labute approximate surface area is 163 Å². The summed E-state index contributed by atoms with van der Waals surface area (Å²) in [5.41, 5.74) is 0.824. The van der Waals surface area contributed by atoms with Crippen LogP contribution < -0.4 is 0 Å². The van der Waals surface area contributed by atoms with Crippen molar-refractivity contribution < 1.29 is 33.7 Å². The number of likely N-dealkylation sites (N-methyl/N-ethyl adjacent to an activating group) is 1. The molecule has 0 radical (unpaired) electrons. The van der Waals surface area contributed by atoms with Gasteiger partial charge < -0.3 is 24.2 Å². The van der Waals surface area contributed by atoms with Crippen LogP contribution in [0.15, 0.2) is 30.3 Å². The molecule has 2 rings (SSSR count). The van der Waals surface area contributed by atoms with Crippen LogP contribution in [-0.2, 0) is 25.6 Å². The summed E-state index contributed by atoms with van der Waals surface area (Å²) in [4.78, 5) is 38.0. The zero-order chi connectivity index (χ0) is 20.5. The third-order valence-electron chi connectivity index (χ3n) is 4.64. The second kappa shape index (κ2) is 10.5. The number of methoxy groups -OCH3 is 1. The van der Waals surface area contributed by atoms with Gasteiger partial charge in [0.15, 0.2) is 6.04 Å². The minimum atomic E-state index is -0.993. The van der Waals surface area contributed by atoms with Gasteiger partial charge in [-0.3, -0.25) is 4.90 Å². The van der Waals surface area contributed by atoms with E-state index >= 15 is 0 Å². The van der Waals surface area contributed by atoms with E-state index < -0.39 is 24.2 Å². The van der Waals surface area contributed by atoms with Crippen LogP contribution in [0, 0.1) is 0 Å². The number of esters is 1. The third kappa shape index (κ3) is 5.85. The lowest BCUT2D eigenvalue weighted by Crippen LogP contribution is -2.47. The summed E-state index contributed by atoms with van der Waals surface area (Å²) in [5.74, 6) is -0.638. The largest absolute Gasteiger partial charge is 0.467 e. The van der Waals surface area contributed by atoms with E-state index in [1.165, 1.54) is 19.1 Å². The second-order valence-corrected chi connectivity index (χ2v) is 6.50. The van der Waals surface area contributed by atoms with E-state index in [0.29, 0.717) is 13.0 Å². The third-order valence-corrected chi connectivity index (χ3v) is 4.64. The Balaban J connectivity index is 1.88. The molecular weight excluding hydrogens is 368 g/mol. The summed E-state index contributed by atoms with van der Waals surface area (Å²) in [6.07, 6.45) is -0.204. The molecule has 0 spiro atoms. The number of ether oxygens (including phenoxy) is 3. The van der Waals surface area contributed by atoms with Gasteiger partial charge in [0.1, 0.15) is 6.61 Å². The van der Waals surface area contributed by atoms with E-state index in [4.69, 9.17) is 19.3 Å². The number of hydrogen-bond acceptors (Lipinski definition) is 6. The highest BCUT2D eigenvalue weighted by atomic mass is 16.6. The predicted octanol–water partition coefficient (Wildman–Crippen LogP) is 1.96. The molecule has 1 saturated heterocycles. The second-order valence-electron chi connectivity index (χ2n) is 6.50. The van der Waals surface area contributed by atoms with Crippen molar-refractivity contribution in [3.8, 4) is 0 Å². The predicted molar refractivity (Wildman–Crippen MR) is 98.8 cm³/mol. The number of carboxylic acid groups (broad SMARTS) is 1. The first-order chi connectivity index (χ1) is 13.4. The molecule has 0 aliphatic carbocycles. The fourth-order valence-corrected chi connectivity index (χ4v) is 3.00. The molecule has 1 aromatic rings. The van der Waals surface area contributed by atoms with Crippen molar-refractivity contribution in [1.82, 2.24) is 9.80 Å². The van der Waals surface area contributed by atoms with Crippen LogP contribution in [0.4, 0.5) is 9.59 Å². The fourth-order valence-electron chi connectivity index (χ4n) is 3.00. The first kappa shape index (κ1) is 21.5. The molecule has 1 aromatic carbocycles. The highest BCUT2D eigenvalue weighted by Crippen LogP contribution is 2.18. The molecular formula is C19H26N2O7. The van der Waals surface area contributed by atoms with Gasteiger partial charge in [-0.05, 0) is 18.4 Å². The summed E-state index contributed by atoms with van der Waals surface area (Å²) < 4.78 is 15.5. The first-order valence-electron chi connectivity index (χ1n) is 9.02. The van der Waals surface area contributed by atoms with Crippen LogP contribution in [0.3, 0.4) is 0 Å². The van der Waals surface area contributed by atoms with Gasteiger partial charge in [0, 0.05) is 13.6 Å². The van der Waals surface area contributed by atoms with E-state index in [9.17, 15) is 14.4 Å². The van der Waals surface area contributed by atoms with Crippen molar-refractivity contribution in [3.63, 3.8) is 0 Å². The standard InChI is InChI=1S/C19H26N2O7/c1-20(19(25)28-11-14-7-4-3-5-8-14)16(17(22)26-2)13-27-12-15-9-6-10-21(15)18(23)24/h3-5,7-8,15-16H,6,9-13H2,1-2H3,(H,23,24)/t15-,16-/m0/s1. The van der Waals surface area contributed by atoms with Crippen LogP contribution in [-0.4, -0.2) is 79.1 Å². The van der Waals surface area contributed by atoms with Crippen LogP contribution >= 0.6 is 0 Å². The lowest BCUT2D eigenvalue weighted by molar-refractivity contribution is -0.148. The molecule has 9 heteroatoms. The van der Waals surface area contributed by atoms with Gasteiger partial charge in [0.2, 0.25) is 0 Å². The van der Waals surface area contributed by atoms with Gasteiger partial charge in [-0.1, -0.05) is 30.3 Å². The monoisotopic (exact) mass is 394 g/mol. The van der Waals surface area contributed by atoms with Crippen molar-refractivity contribution in [2.24, 2.45) is 0 Å². The van der Waals surface area contributed by atoms with Crippen molar-refractivity contribution in [2.75, 3.05) is 33.9 Å². The van der Waals surface area contributed by atoms with E-state index in [0.717, 1.165) is 16.9 Å². The smallest absolute Gasteiger partial charge is 0.410 e. The number of benzene rings is 1. The number of amides is 2. The topological polar surface area (TPSA) is 106 Å². The fraction of sp³-hybridized carbons (Fsp3) is 0.526. The molecule has 0 bridgehead atoms. The zero-order valence-corrected chi connectivity index (χ0v) is 16.1. The molecule has 0 saturated carbocycles. The van der Waals surface area contributed by atoms with Gasteiger partial charge in [-0.2, -0.15) is 0 Å². The molecule has 1 aliphatic rings. The SMILES string of the molecule is COC(=O)[C@H](COC[C@@H]1CCCN1C(=O)O)N(C)C(=O)OCc1ccccc1. The molecule has 2 atom stereocenters. The molecule has 28 heavy (non-hydrogen) atoms. The molecule has 1 N–H and O–H groups in total. The molecule has 0 unspecified atom stereocenters. The molecule has 154 valence electrons. The number of hydrogen-bond donors (Lipinski definition) is 1. The summed E-state index contributed by atoms with van der Waals surface area (Å²) in [7, 11) is 2.65.